The van der Waals surface area contributed by atoms with Crippen LogP contribution >= 0.6 is 0 Å². The molecule has 3 fully saturated rings. The van der Waals surface area contributed by atoms with Crippen LogP contribution in [0.3, 0.4) is 0 Å². The molecule has 0 amide bonds. The van der Waals surface area contributed by atoms with Gasteiger partial charge >= 0.3 is 0 Å². The Hall–Kier alpha value is -0.120. The van der Waals surface area contributed by atoms with Crippen LogP contribution in [-0.2, 0) is 0 Å². The molecule has 22 heavy (non-hydrogen) atoms. The molecule has 0 bridgehead atoms. The summed E-state index contributed by atoms with van der Waals surface area (Å²) < 4.78 is 0. The molecule has 1 spiro atoms. The first kappa shape index (κ1) is 19.9. The van der Waals surface area contributed by atoms with Crippen LogP contribution < -0.4 is 0 Å². The van der Waals surface area contributed by atoms with Gasteiger partial charge in [-0.3, -0.25) is 0 Å². The van der Waals surface area contributed by atoms with Gasteiger partial charge in [0.2, 0.25) is 0 Å². The van der Waals surface area contributed by atoms with Gasteiger partial charge in [-0.2, -0.15) is 0 Å². The smallest absolute Gasteiger partial charge is 0.0212 e. The number of rotatable bonds is 4. The van der Waals surface area contributed by atoms with E-state index in [-0.39, 0.29) is 0 Å². The number of piperidine rings is 1. The lowest BCUT2D eigenvalue weighted by molar-refractivity contribution is -0.110. The predicted molar refractivity (Wildman–Crippen MR) is 98.5 cm³/mol. The SMILES string of the molecule is CC.CC.CCCN1CCC(CN2CC3(CN(C)C3)C2)CC1. The molecule has 0 aliphatic carbocycles. The molecule has 3 heteroatoms. The van der Waals surface area contributed by atoms with E-state index in [1.54, 1.807) is 0 Å². The lowest BCUT2D eigenvalue weighted by Gasteiger charge is -2.60. The Morgan fingerprint density at radius 3 is 1.86 bits per heavy atom. The van der Waals surface area contributed by atoms with E-state index in [4.69, 9.17) is 0 Å². The van der Waals surface area contributed by atoms with Crippen LogP contribution in [0.5, 0.6) is 0 Å². The minimum absolute atomic E-state index is 0.720. The van der Waals surface area contributed by atoms with Crippen LogP contribution in [0.25, 0.3) is 0 Å². The second-order valence-electron chi connectivity index (χ2n) is 7.13. The van der Waals surface area contributed by atoms with Gasteiger partial charge in [-0.05, 0) is 51.9 Å². The van der Waals surface area contributed by atoms with Crippen molar-refractivity contribution in [3.63, 3.8) is 0 Å². The highest BCUT2D eigenvalue weighted by molar-refractivity contribution is 5.04. The summed E-state index contributed by atoms with van der Waals surface area (Å²) in [5, 5.41) is 0. The molecular formula is C19H41N3. The zero-order valence-corrected chi connectivity index (χ0v) is 16.2. The first-order chi connectivity index (χ1) is 10.7. The lowest BCUT2D eigenvalue weighted by Crippen LogP contribution is -2.71. The van der Waals surface area contributed by atoms with Gasteiger partial charge in [0.15, 0.2) is 0 Å². The summed E-state index contributed by atoms with van der Waals surface area (Å²) in [4.78, 5) is 7.82. The fourth-order valence-electron chi connectivity index (χ4n) is 4.40. The van der Waals surface area contributed by atoms with Crippen molar-refractivity contribution >= 4 is 0 Å². The Balaban J connectivity index is 0.000000561. The standard InChI is InChI=1S/C15H29N3.2C2H6/c1-3-6-17-7-4-14(5-8-17)9-18-12-15(13-18)10-16(2)11-15;2*1-2/h14H,3-13H2,1-2H3;2*1-2H3. The Kier molecular flexibility index (Phi) is 8.96. The summed E-state index contributed by atoms with van der Waals surface area (Å²) in [7, 11) is 2.25. The highest BCUT2D eigenvalue weighted by Crippen LogP contribution is 2.39. The van der Waals surface area contributed by atoms with Gasteiger partial charge in [0.05, 0.1) is 0 Å². The van der Waals surface area contributed by atoms with Crippen molar-refractivity contribution < 1.29 is 0 Å². The first-order valence-electron chi connectivity index (χ1n) is 9.82. The van der Waals surface area contributed by atoms with Gasteiger partial charge in [0.25, 0.3) is 0 Å². The third kappa shape index (κ3) is 5.21. The number of hydrogen-bond donors (Lipinski definition) is 0. The second kappa shape index (κ2) is 9.89. The van der Waals surface area contributed by atoms with Crippen LogP contribution in [0, 0.1) is 11.3 Å². The molecular weight excluding hydrogens is 270 g/mol. The van der Waals surface area contributed by atoms with Gasteiger partial charge in [-0.1, -0.05) is 34.6 Å². The Labute approximate surface area is 140 Å². The molecule has 3 nitrogen and oxygen atoms in total. The molecule has 0 atom stereocenters. The molecule has 3 rings (SSSR count). The van der Waals surface area contributed by atoms with Crippen LogP contribution in [-0.4, -0.2) is 74.1 Å². The zero-order valence-electron chi connectivity index (χ0n) is 16.2. The van der Waals surface area contributed by atoms with E-state index in [0.29, 0.717) is 0 Å². The lowest BCUT2D eigenvalue weighted by atomic mass is 9.72. The molecule has 0 saturated carbocycles. The maximum atomic E-state index is 2.72. The summed E-state index contributed by atoms with van der Waals surface area (Å²) in [6.07, 6.45) is 4.18. The monoisotopic (exact) mass is 311 g/mol. The number of nitrogens with zero attached hydrogens (tertiary/aromatic N) is 3. The fraction of sp³-hybridized carbons (Fsp3) is 1.00. The summed E-state index contributed by atoms with van der Waals surface area (Å²) in [6, 6.07) is 0. The summed E-state index contributed by atoms with van der Waals surface area (Å²) >= 11 is 0. The van der Waals surface area contributed by atoms with Crippen LogP contribution in [0.2, 0.25) is 0 Å². The quantitative estimate of drug-likeness (QED) is 0.788. The van der Waals surface area contributed by atoms with Crippen molar-refractivity contribution in [1.82, 2.24) is 14.7 Å². The van der Waals surface area contributed by atoms with Crippen molar-refractivity contribution in [3.8, 4) is 0 Å². The van der Waals surface area contributed by atoms with E-state index < -0.39 is 0 Å². The summed E-state index contributed by atoms with van der Waals surface area (Å²) in [6.45, 7) is 21.1. The number of hydrogen-bond acceptors (Lipinski definition) is 3. The van der Waals surface area contributed by atoms with E-state index in [0.717, 1.165) is 11.3 Å². The van der Waals surface area contributed by atoms with Crippen molar-refractivity contribution in [1.29, 1.82) is 0 Å². The van der Waals surface area contributed by atoms with E-state index in [9.17, 15) is 0 Å². The van der Waals surface area contributed by atoms with Crippen molar-refractivity contribution in [2.75, 3.05) is 59.4 Å². The van der Waals surface area contributed by atoms with E-state index >= 15 is 0 Å². The highest BCUT2D eigenvalue weighted by Gasteiger charge is 2.50. The maximum absolute atomic E-state index is 2.72. The average Bonchev–Trinajstić information content (AvgIpc) is 2.50. The van der Waals surface area contributed by atoms with Crippen molar-refractivity contribution in [3.05, 3.63) is 0 Å². The zero-order chi connectivity index (χ0) is 16.6. The molecule has 0 radical (unpaired) electrons. The largest absolute Gasteiger partial charge is 0.305 e. The average molecular weight is 312 g/mol. The molecule has 3 aliphatic heterocycles. The minimum Gasteiger partial charge on any atom is -0.305 e. The maximum Gasteiger partial charge on any atom is 0.0212 e. The first-order valence-corrected chi connectivity index (χ1v) is 9.82. The fourth-order valence-corrected chi connectivity index (χ4v) is 4.40. The van der Waals surface area contributed by atoms with Crippen LogP contribution in [0.4, 0.5) is 0 Å². The third-order valence-electron chi connectivity index (χ3n) is 5.09. The van der Waals surface area contributed by atoms with Crippen molar-refractivity contribution in [2.24, 2.45) is 11.3 Å². The van der Waals surface area contributed by atoms with Crippen LogP contribution in [0.1, 0.15) is 53.9 Å². The van der Waals surface area contributed by atoms with Gasteiger partial charge in [0.1, 0.15) is 0 Å². The topological polar surface area (TPSA) is 9.72 Å². The predicted octanol–water partition coefficient (Wildman–Crippen LogP) is 3.41. The Morgan fingerprint density at radius 2 is 1.41 bits per heavy atom. The molecule has 3 aliphatic rings. The molecule has 0 aromatic heterocycles. The summed E-state index contributed by atoms with van der Waals surface area (Å²) in [5.41, 5.74) is 0.720. The third-order valence-corrected chi connectivity index (χ3v) is 5.09. The van der Waals surface area contributed by atoms with E-state index in [1.165, 1.54) is 71.6 Å². The van der Waals surface area contributed by atoms with Crippen molar-refractivity contribution in [2.45, 2.75) is 53.9 Å². The molecule has 0 aromatic carbocycles. The van der Waals surface area contributed by atoms with Crippen LogP contribution in [0.15, 0.2) is 0 Å². The molecule has 132 valence electrons. The van der Waals surface area contributed by atoms with Gasteiger partial charge in [-0.15, -0.1) is 0 Å². The molecule has 0 unspecified atom stereocenters. The number of likely N-dealkylation sites (tertiary alicyclic amines) is 3. The highest BCUT2D eigenvalue weighted by atomic mass is 15.3. The minimum atomic E-state index is 0.720. The molecule has 0 N–H and O–H groups in total. The van der Waals surface area contributed by atoms with Gasteiger partial charge in [-0.25, -0.2) is 0 Å². The summed E-state index contributed by atoms with van der Waals surface area (Å²) in [5.74, 6) is 0.980. The Bertz CT molecular complexity index is 270. The molecule has 3 saturated heterocycles. The van der Waals surface area contributed by atoms with Gasteiger partial charge in [0, 0.05) is 38.1 Å². The molecule has 3 heterocycles. The molecule has 0 aromatic rings. The second-order valence-corrected chi connectivity index (χ2v) is 7.13. The van der Waals surface area contributed by atoms with Gasteiger partial charge < -0.3 is 14.7 Å². The normalized spacial score (nSPS) is 25.4. The van der Waals surface area contributed by atoms with E-state index in [1.807, 2.05) is 27.7 Å². The Morgan fingerprint density at radius 1 is 0.864 bits per heavy atom. The van der Waals surface area contributed by atoms with E-state index in [2.05, 4.69) is 28.7 Å².